The van der Waals surface area contributed by atoms with Gasteiger partial charge in [-0.05, 0) is 81.0 Å². The van der Waals surface area contributed by atoms with Crippen molar-refractivity contribution in [3.63, 3.8) is 0 Å². The maximum absolute atomic E-state index is 14.0. The number of piperidine rings is 1. The summed E-state index contributed by atoms with van der Waals surface area (Å²) >= 11 is 0. The number of carboxylic acids is 1. The van der Waals surface area contributed by atoms with Crippen molar-refractivity contribution in [2.24, 2.45) is 18.9 Å². The van der Waals surface area contributed by atoms with Gasteiger partial charge in [0.05, 0.1) is 17.3 Å². The molecular weight excluding hydrogens is 666 g/mol. The molecule has 50 heavy (non-hydrogen) atoms. The Morgan fingerprint density at radius 2 is 1.42 bits per heavy atom. The summed E-state index contributed by atoms with van der Waals surface area (Å²) in [6.45, 7) is 3.59. The van der Waals surface area contributed by atoms with E-state index in [1.165, 1.54) is 0 Å². The molecule has 2 aromatic heterocycles. The largest absolute Gasteiger partial charge is 0.481 e. The van der Waals surface area contributed by atoms with Crippen LogP contribution in [0.5, 0.6) is 0 Å². The number of aromatic nitrogens is 4. The molecule has 0 spiro atoms. The predicted octanol–water partition coefficient (Wildman–Crippen LogP) is 7.75. The van der Waals surface area contributed by atoms with E-state index < -0.39 is 35.5 Å². The molecular formula is C35H42F6N6O3. The highest BCUT2D eigenvalue weighted by atomic mass is 19.4. The lowest BCUT2D eigenvalue weighted by atomic mass is 9.78. The predicted molar refractivity (Wildman–Crippen MR) is 173 cm³/mol. The zero-order chi connectivity index (χ0) is 36.4. The molecule has 5 rings (SSSR count). The second-order valence-electron chi connectivity index (χ2n) is 13.5. The number of amides is 1. The number of hydrogen-bond acceptors (Lipinski definition) is 6. The van der Waals surface area contributed by atoms with Crippen molar-refractivity contribution in [1.29, 1.82) is 0 Å². The Balaban J connectivity index is 1.47. The summed E-state index contributed by atoms with van der Waals surface area (Å²) in [5.74, 6) is -0.871. The number of carboxylic acid groups (broad SMARTS) is 1. The highest BCUT2D eigenvalue weighted by Crippen LogP contribution is 2.40. The Morgan fingerprint density at radius 3 is 1.88 bits per heavy atom. The Bertz CT molecular complexity index is 1590. The summed E-state index contributed by atoms with van der Waals surface area (Å²) in [6, 6.07) is 0.695. The second kappa shape index (κ2) is 15.0. The molecule has 1 aromatic carbocycles. The van der Waals surface area contributed by atoms with Crippen LogP contribution >= 0.6 is 0 Å². The van der Waals surface area contributed by atoms with Gasteiger partial charge in [-0.25, -0.2) is 9.97 Å². The summed E-state index contributed by atoms with van der Waals surface area (Å²) < 4.78 is 84.6. The number of nitrogens with zero attached hydrogens (tertiary/aromatic N) is 6. The first-order chi connectivity index (χ1) is 23.6. The maximum atomic E-state index is 14.0. The molecule has 2 atom stereocenters. The van der Waals surface area contributed by atoms with Crippen LogP contribution in [0.15, 0.2) is 43.0 Å². The topological polar surface area (TPSA) is 104 Å². The van der Waals surface area contributed by atoms with E-state index >= 15 is 0 Å². The lowest BCUT2D eigenvalue weighted by Gasteiger charge is -2.49. The second-order valence-corrected chi connectivity index (χ2v) is 13.5. The Hall–Kier alpha value is -4.17. The smallest absolute Gasteiger partial charge is 0.416 e. The number of aliphatic carboxylic acids is 1. The zero-order valence-corrected chi connectivity index (χ0v) is 28.2. The quantitative estimate of drug-likeness (QED) is 0.215. The van der Waals surface area contributed by atoms with E-state index in [2.05, 4.69) is 15.1 Å². The fraction of sp³-hybridized carbons (Fsp3) is 0.571. The number of carbonyl (C=O) groups is 2. The number of benzene rings is 1. The minimum absolute atomic E-state index is 0.0206. The average Bonchev–Trinajstić information content (AvgIpc) is 3.51. The number of hydrogen-bond donors (Lipinski definition) is 1. The van der Waals surface area contributed by atoms with Gasteiger partial charge >= 0.3 is 18.3 Å². The lowest BCUT2D eigenvalue weighted by Crippen LogP contribution is -2.58. The summed E-state index contributed by atoms with van der Waals surface area (Å²) in [4.78, 5) is 38.0. The van der Waals surface area contributed by atoms with Gasteiger partial charge in [0, 0.05) is 73.8 Å². The first kappa shape index (κ1) is 37.1. The molecule has 3 aromatic rings. The van der Waals surface area contributed by atoms with E-state index in [0.29, 0.717) is 56.9 Å². The third kappa shape index (κ3) is 8.58. The van der Waals surface area contributed by atoms with E-state index in [1.54, 1.807) is 41.4 Å². The van der Waals surface area contributed by atoms with Gasteiger partial charge in [0.15, 0.2) is 0 Å². The molecule has 0 bridgehead atoms. The average molecular weight is 709 g/mol. The standard InChI is InChI=1S/C35H42F6N6O3/c1-4-28-14-30(15-29(5-2)47(28)32(50)23-8-6-21(7-9-23)12-31(48)49)46(33-42-16-24(17-43-33)25-18-44-45(3)20-25)19-22-10-26(34(36,37)38)13-27(11-22)35(39,40)41/h10-11,13,16-18,20-21,23,28-30H,4-9,12,14-15,19H2,1-3H3,(H,48,49). The molecule has 1 amide bonds. The summed E-state index contributed by atoms with van der Waals surface area (Å²) in [7, 11) is 1.75. The van der Waals surface area contributed by atoms with E-state index in [4.69, 9.17) is 0 Å². The molecule has 2 fully saturated rings. The van der Waals surface area contributed by atoms with Crippen LogP contribution in [0.2, 0.25) is 0 Å². The van der Waals surface area contributed by atoms with E-state index in [-0.39, 0.29) is 60.4 Å². The minimum Gasteiger partial charge on any atom is -0.481 e. The van der Waals surface area contributed by atoms with Crippen LogP contribution in [-0.4, -0.2) is 59.8 Å². The van der Waals surface area contributed by atoms with Crippen molar-refractivity contribution >= 4 is 17.8 Å². The normalized spacial score (nSPS) is 23.1. The molecule has 9 nitrogen and oxygen atoms in total. The zero-order valence-electron chi connectivity index (χ0n) is 28.2. The first-order valence-electron chi connectivity index (χ1n) is 17.0. The molecule has 1 aliphatic carbocycles. The number of carbonyl (C=O) groups excluding carboxylic acids is 1. The van der Waals surface area contributed by atoms with Gasteiger partial charge in [-0.15, -0.1) is 0 Å². The van der Waals surface area contributed by atoms with Crippen molar-refractivity contribution in [2.75, 3.05) is 4.90 Å². The van der Waals surface area contributed by atoms with Crippen LogP contribution in [0.4, 0.5) is 32.3 Å². The molecule has 1 saturated heterocycles. The van der Waals surface area contributed by atoms with Crippen molar-refractivity contribution in [3.8, 4) is 11.1 Å². The number of halogens is 6. The summed E-state index contributed by atoms with van der Waals surface area (Å²) in [5, 5.41) is 13.3. The lowest BCUT2D eigenvalue weighted by molar-refractivity contribution is -0.145. The highest BCUT2D eigenvalue weighted by molar-refractivity contribution is 5.80. The number of aryl methyl sites for hydroxylation is 1. The summed E-state index contributed by atoms with van der Waals surface area (Å²) in [5.41, 5.74) is -1.61. The Labute approximate surface area is 286 Å². The number of anilines is 1. The van der Waals surface area contributed by atoms with E-state index in [0.717, 1.165) is 17.7 Å². The Morgan fingerprint density at radius 1 is 0.860 bits per heavy atom. The fourth-order valence-electron chi connectivity index (χ4n) is 7.52. The molecule has 1 saturated carbocycles. The van der Waals surface area contributed by atoms with Crippen molar-refractivity contribution in [1.82, 2.24) is 24.6 Å². The SMILES string of the molecule is CCC1CC(N(Cc2cc(C(F)(F)F)cc(C(F)(F)F)c2)c2ncc(-c3cnn(C)c3)cn2)CC(CC)N1C(=O)C1CCC(CC(=O)O)CC1. The van der Waals surface area contributed by atoms with Gasteiger partial charge in [0.25, 0.3) is 0 Å². The fourth-order valence-corrected chi connectivity index (χ4v) is 7.52. The third-order valence-electron chi connectivity index (χ3n) is 10.1. The van der Waals surface area contributed by atoms with Gasteiger partial charge < -0.3 is 14.9 Å². The molecule has 15 heteroatoms. The number of alkyl halides is 6. The molecule has 0 radical (unpaired) electrons. The minimum atomic E-state index is -5.00. The van der Waals surface area contributed by atoms with Crippen LogP contribution in [0, 0.1) is 11.8 Å². The molecule has 272 valence electrons. The Kier molecular flexibility index (Phi) is 11.1. The number of likely N-dealkylation sites (tertiary alicyclic amines) is 1. The van der Waals surface area contributed by atoms with Crippen molar-refractivity contribution in [2.45, 2.75) is 109 Å². The van der Waals surface area contributed by atoms with Crippen LogP contribution in [0.1, 0.15) is 88.3 Å². The van der Waals surface area contributed by atoms with Gasteiger partial charge in [0.2, 0.25) is 11.9 Å². The summed E-state index contributed by atoms with van der Waals surface area (Å²) in [6.07, 6.45) is 1.08. The molecule has 2 unspecified atom stereocenters. The van der Waals surface area contributed by atoms with Crippen LogP contribution in [0.25, 0.3) is 11.1 Å². The van der Waals surface area contributed by atoms with Gasteiger partial charge in [-0.1, -0.05) is 13.8 Å². The van der Waals surface area contributed by atoms with Crippen molar-refractivity contribution < 1.29 is 41.0 Å². The first-order valence-corrected chi connectivity index (χ1v) is 17.0. The van der Waals surface area contributed by atoms with Crippen LogP contribution < -0.4 is 4.90 Å². The van der Waals surface area contributed by atoms with Crippen LogP contribution in [-0.2, 0) is 35.5 Å². The van der Waals surface area contributed by atoms with Crippen molar-refractivity contribution in [3.05, 3.63) is 59.7 Å². The van der Waals surface area contributed by atoms with Gasteiger partial charge in [-0.3, -0.25) is 14.3 Å². The highest BCUT2D eigenvalue weighted by Gasteiger charge is 2.43. The molecule has 1 aliphatic heterocycles. The molecule has 1 N–H and O–H groups in total. The van der Waals surface area contributed by atoms with E-state index in [9.17, 15) is 41.0 Å². The number of rotatable bonds is 10. The van der Waals surface area contributed by atoms with E-state index in [1.807, 2.05) is 18.7 Å². The van der Waals surface area contributed by atoms with Gasteiger partial charge in [-0.2, -0.15) is 31.4 Å². The third-order valence-corrected chi connectivity index (χ3v) is 10.1. The molecule has 2 aliphatic rings. The van der Waals surface area contributed by atoms with Gasteiger partial charge in [0.1, 0.15) is 0 Å². The maximum Gasteiger partial charge on any atom is 0.416 e. The molecule has 3 heterocycles. The monoisotopic (exact) mass is 708 g/mol. The van der Waals surface area contributed by atoms with Crippen LogP contribution in [0.3, 0.4) is 0 Å².